The fourth-order valence-electron chi connectivity index (χ4n) is 5.39. The van der Waals surface area contributed by atoms with Crippen molar-refractivity contribution in [2.45, 2.75) is 31.7 Å². The predicted molar refractivity (Wildman–Crippen MR) is 144 cm³/mol. The average molecular weight is 553 g/mol. The van der Waals surface area contributed by atoms with Crippen LogP contribution in [0.25, 0.3) is 0 Å². The second-order valence-electron chi connectivity index (χ2n) is 9.89. The van der Waals surface area contributed by atoms with Crippen LogP contribution < -0.4 is 29.7 Å². The number of methoxy groups -OCH3 is 2. The third-order valence-electron chi connectivity index (χ3n) is 7.42. The maximum absolute atomic E-state index is 13.4. The Morgan fingerprint density at radius 3 is 2.73 bits per heavy atom. The maximum Gasteiger partial charge on any atom is 0.231 e. The number of phenols is 1. The number of hydrogen-bond donors (Lipinski definition) is 3. The van der Waals surface area contributed by atoms with Gasteiger partial charge in [-0.2, -0.15) is 0 Å². The number of aryl methyl sites for hydroxylation is 1. The van der Waals surface area contributed by atoms with Crippen LogP contribution in [0.5, 0.6) is 34.5 Å². The number of nitrogens with one attached hydrogen (secondary N) is 1. The molecule has 11 heteroatoms. The van der Waals surface area contributed by atoms with E-state index in [4.69, 9.17) is 23.4 Å². The molecule has 212 valence electrons. The zero-order valence-corrected chi connectivity index (χ0v) is 22.8. The first-order valence-corrected chi connectivity index (χ1v) is 12.9. The number of ether oxygens (including phenoxy) is 4. The Morgan fingerprint density at radius 1 is 1.18 bits per heavy atom. The number of carbonyl (C=O) groups is 1. The van der Waals surface area contributed by atoms with Crippen molar-refractivity contribution in [2.24, 2.45) is 0 Å². The van der Waals surface area contributed by atoms with Crippen LogP contribution in [-0.2, 0) is 11.2 Å². The van der Waals surface area contributed by atoms with Gasteiger partial charge in [-0.15, -0.1) is 0 Å². The molecule has 0 radical (unpaired) electrons. The molecule has 0 saturated heterocycles. The van der Waals surface area contributed by atoms with Crippen LogP contribution in [0.4, 0.5) is 0 Å². The second kappa shape index (κ2) is 11.0. The van der Waals surface area contributed by atoms with E-state index in [1.54, 1.807) is 26.2 Å². The van der Waals surface area contributed by atoms with Crippen LogP contribution in [0.2, 0.25) is 0 Å². The van der Waals surface area contributed by atoms with Crippen molar-refractivity contribution in [3.05, 3.63) is 68.8 Å². The number of hydrogen-bond acceptors (Lipinski definition) is 10. The number of likely N-dealkylation sites (N-methyl/N-ethyl adjacent to an activating group) is 1. The fraction of sp³-hybridized carbons (Fsp3) is 0.379. The average Bonchev–Trinajstić information content (AvgIpc) is 3.41. The van der Waals surface area contributed by atoms with E-state index in [0.29, 0.717) is 28.6 Å². The highest BCUT2D eigenvalue weighted by Crippen LogP contribution is 2.49. The first-order valence-electron chi connectivity index (χ1n) is 12.9. The molecule has 2 atom stereocenters. The van der Waals surface area contributed by atoms with Gasteiger partial charge in [-0.05, 0) is 49.7 Å². The van der Waals surface area contributed by atoms with E-state index in [9.17, 15) is 19.8 Å². The Labute approximate surface area is 230 Å². The van der Waals surface area contributed by atoms with Gasteiger partial charge in [-0.25, -0.2) is 0 Å². The van der Waals surface area contributed by atoms with E-state index in [2.05, 4.69) is 10.2 Å². The molecule has 0 saturated carbocycles. The molecule has 2 aromatic carbocycles. The standard InChI is InChI=1S/C29H32N2O9/c1-15-9-21(33)26(35)27(40-15)18(16-5-6-20(32)22(10-16)36-3)12-24(34)30-13-19-25-17(7-8-31(19)2)11-23-28(29(25)37-4)39-14-38-23/h5-6,9-11,18-19,32,35H,7-8,12-14H2,1-4H3,(H,30,34)/t18-,19+/m1/s1. The summed E-state index contributed by atoms with van der Waals surface area (Å²) in [4.78, 5) is 27.9. The van der Waals surface area contributed by atoms with Crippen molar-refractivity contribution in [2.75, 3.05) is 41.1 Å². The van der Waals surface area contributed by atoms with Crippen LogP contribution in [0.3, 0.4) is 0 Å². The topological polar surface area (TPSA) is 140 Å². The van der Waals surface area contributed by atoms with Crippen LogP contribution >= 0.6 is 0 Å². The van der Waals surface area contributed by atoms with Crippen molar-refractivity contribution in [1.82, 2.24) is 10.2 Å². The minimum atomic E-state index is -0.832. The van der Waals surface area contributed by atoms with Gasteiger partial charge >= 0.3 is 0 Å². The lowest BCUT2D eigenvalue weighted by Crippen LogP contribution is -2.40. The van der Waals surface area contributed by atoms with Crippen LogP contribution in [0, 0.1) is 6.92 Å². The quantitative estimate of drug-likeness (QED) is 0.382. The highest BCUT2D eigenvalue weighted by molar-refractivity contribution is 5.78. The van der Waals surface area contributed by atoms with E-state index < -0.39 is 17.1 Å². The number of nitrogens with zero attached hydrogens (tertiary/aromatic N) is 1. The number of carbonyl (C=O) groups excluding carboxylic acids is 1. The largest absolute Gasteiger partial charge is 0.504 e. The van der Waals surface area contributed by atoms with Gasteiger partial charge in [-0.3, -0.25) is 14.5 Å². The summed E-state index contributed by atoms with van der Waals surface area (Å²) in [6.07, 6.45) is 0.648. The molecule has 3 N–H and O–H groups in total. The Kier molecular flexibility index (Phi) is 7.49. The number of rotatable bonds is 8. The molecule has 2 aliphatic rings. The van der Waals surface area contributed by atoms with E-state index in [0.717, 1.165) is 24.1 Å². The van der Waals surface area contributed by atoms with Gasteiger partial charge in [0, 0.05) is 31.1 Å². The number of amides is 1. The molecular formula is C29H32N2O9. The van der Waals surface area contributed by atoms with Gasteiger partial charge in [0.2, 0.25) is 29.6 Å². The summed E-state index contributed by atoms with van der Waals surface area (Å²) >= 11 is 0. The Balaban J connectivity index is 1.43. The van der Waals surface area contributed by atoms with Crippen molar-refractivity contribution in [3.8, 4) is 34.5 Å². The van der Waals surface area contributed by atoms with Gasteiger partial charge in [0.05, 0.1) is 26.2 Å². The third-order valence-corrected chi connectivity index (χ3v) is 7.42. The fourth-order valence-corrected chi connectivity index (χ4v) is 5.39. The van der Waals surface area contributed by atoms with E-state index in [-0.39, 0.29) is 49.0 Å². The molecule has 3 aromatic rings. The monoisotopic (exact) mass is 552 g/mol. The Bertz CT molecular complexity index is 1500. The van der Waals surface area contributed by atoms with Crippen LogP contribution in [-0.4, -0.2) is 62.2 Å². The molecule has 2 aliphatic heterocycles. The number of fused-ring (bicyclic) bond motifs is 2. The Hall–Kier alpha value is -4.38. The molecule has 0 aliphatic carbocycles. The smallest absolute Gasteiger partial charge is 0.231 e. The summed E-state index contributed by atoms with van der Waals surface area (Å²) < 4.78 is 28.0. The molecule has 1 amide bonds. The summed E-state index contributed by atoms with van der Waals surface area (Å²) in [6.45, 7) is 2.76. The molecule has 3 heterocycles. The highest BCUT2D eigenvalue weighted by Gasteiger charge is 2.34. The molecule has 5 rings (SSSR count). The molecular weight excluding hydrogens is 520 g/mol. The second-order valence-corrected chi connectivity index (χ2v) is 9.89. The third kappa shape index (κ3) is 5.00. The molecule has 40 heavy (non-hydrogen) atoms. The summed E-state index contributed by atoms with van der Waals surface area (Å²) in [5, 5.41) is 23.7. The molecule has 0 unspecified atom stereocenters. The van der Waals surface area contributed by atoms with Crippen molar-refractivity contribution in [1.29, 1.82) is 0 Å². The van der Waals surface area contributed by atoms with Crippen molar-refractivity contribution >= 4 is 5.91 Å². The normalized spacial score (nSPS) is 16.8. The minimum absolute atomic E-state index is 0.0394. The van der Waals surface area contributed by atoms with Crippen LogP contribution in [0.15, 0.2) is 39.5 Å². The molecule has 1 aromatic heterocycles. The first kappa shape index (κ1) is 27.2. The SMILES string of the molecule is COc1cc([C@@H](CC(=O)NC[C@H]2c3c(cc4c(c3OC)OCO4)CCN2C)c2oc(C)cc(=O)c2O)ccc1O. The summed E-state index contributed by atoms with van der Waals surface area (Å²) in [7, 11) is 4.97. The molecule has 0 spiro atoms. The lowest BCUT2D eigenvalue weighted by atomic mass is 9.90. The number of phenolic OH excluding ortho intramolecular Hbond substituents is 1. The van der Waals surface area contributed by atoms with Gasteiger partial charge in [0.1, 0.15) is 5.76 Å². The lowest BCUT2D eigenvalue weighted by molar-refractivity contribution is -0.121. The van der Waals surface area contributed by atoms with E-state index in [1.807, 2.05) is 13.1 Å². The molecule has 11 nitrogen and oxygen atoms in total. The predicted octanol–water partition coefficient (Wildman–Crippen LogP) is 2.97. The molecule has 0 bridgehead atoms. The van der Waals surface area contributed by atoms with Gasteiger partial charge in [-0.1, -0.05) is 6.07 Å². The summed E-state index contributed by atoms with van der Waals surface area (Å²) in [6, 6.07) is 7.52. The first-order chi connectivity index (χ1) is 19.2. The maximum atomic E-state index is 13.4. The van der Waals surface area contributed by atoms with Gasteiger partial charge in [0.25, 0.3) is 0 Å². The zero-order chi connectivity index (χ0) is 28.6. The lowest BCUT2D eigenvalue weighted by Gasteiger charge is -2.36. The highest BCUT2D eigenvalue weighted by atomic mass is 16.7. The van der Waals surface area contributed by atoms with Gasteiger partial charge in [0.15, 0.2) is 28.8 Å². The number of benzene rings is 2. The Morgan fingerprint density at radius 2 is 1.98 bits per heavy atom. The van der Waals surface area contributed by atoms with E-state index in [1.165, 1.54) is 19.2 Å². The minimum Gasteiger partial charge on any atom is -0.504 e. The summed E-state index contributed by atoms with van der Waals surface area (Å²) in [5.41, 5.74) is 1.91. The van der Waals surface area contributed by atoms with E-state index >= 15 is 0 Å². The molecule has 0 fully saturated rings. The van der Waals surface area contributed by atoms with Gasteiger partial charge < -0.3 is 38.9 Å². The van der Waals surface area contributed by atoms with Crippen molar-refractivity contribution < 1.29 is 38.4 Å². The van der Waals surface area contributed by atoms with Crippen molar-refractivity contribution in [3.63, 3.8) is 0 Å². The summed E-state index contributed by atoms with van der Waals surface area (Å²) in [5.74, 6) is 0.411. The number of aromatic hydroxyl groups is 2. The zero-order valence-electron chi connectivity index (χ0n) is 22.8. The van der Waals surface area contributed by atoms with Crippen LogP contribution in [0.1, 0.15) is 46.6 Å².